The van der Waals surface area contributed by atoms with Crippen LogP contribution in [0.1, 0.15) is 31.2 Å². The molecule has 0 aliphatic heterocycles. The Kier molecular flexibility index (Phi) is 5.26. The molecule has 0 unspecified atom stereocenters. The van der Waals surface area contributed by atoms with Crippen molar-refractivity contribution in [3.8, 4) is 0 Å². The molecule has 0 amide bonds. The van der Waals surface area contributed by atoms with Crippen LogP contribution in [0.3, 0.4) is 0 Å². The van der Waals surface area contributed by atoms with E-state index in [4.69, 9.17) is 11.6 Å². The van der Waals surface area contributed by atoms with Crippen LogP contribution in [0.4, 0.5) is 5.82 Å². The highest BCUT2D eigenvalue weighted by atomic mass is 35.5. The maximum atomic E-state index is 5.89. The Bertz CT molecular complexity index is 570. The van der Waals surface area contributed by atoms with Gasteiger partial charge < -0.3 is 5.32 Å². The number of hydrogen-bond donors (Lipinski definition) is 1. The molecular weight excluding hydrogens is 290 g/mol. The third kappa shape index (κ3) is 4.12. The molecule has 2 rings (SSSR count). The van der Waals surface area contributed by atoms with E-state index in [1.807, 2.05) is 37.4 Å². The summed E-state index contributed by atoms with van der Waals surface area (Å²) < 4.78 is 0. The van der Waals surface area contributed by atoms with Crippen molar-refractivity contribution in [2.24, 2.45) is 0 Å². The number of thioether (sulfide) groups is 1. The van der Waals surface area contributed by atoms with Gasteiger partial charge in [0.2, 0.25) is 0 Å². The van der Waals surface area contributed by atoms with Gasteiger partial charge in [-0.2, -0.15) is 0 Å². The lowest BCUT2D eigenvalue weighted by Gasteiger charge is -2.09. The summed E-state index contributed by atoms with van der Waals surface area (Å²) in [6.45, 7) is 4.20. The van der Waals surface area contributed by atoms with Crippen LogP contribution in [0, 0.1) is 0 Å². The van der Waals surface area contributed by atoms with E-state index in [9.17, 15) is 0 Å². The van der Waals surface area contributed by atoms with E-state index in [0.29, 0.717) is 5.92 Å². The highest BCUT2D eigenvalue weighted by Crippen LogP contribution is 2.25. The van der Waals surface area contributed by atoms with E-state index in [1.165, 1.54) is 5.56 Å². The van der Waals surface area contributed by atoms with E-state index < -0.39 is 0 Å². The Morgan fingerprint density at radius 2 is 1.90 bits per heavy atom. The standard InChI is InChI=1S/C15H18ClN3S/c1-10(2)15-18-13(17-3)8-14(19-15)20-9-11-4-6-12(16)7-5-11/h4-8,10H,9H2,1-3H3,(H,17,18,19). The second kappa shape index (κ2) is 6.95. The first kappa shape index (κ1) is 15.1. The molecule has 0 fully saturated rings. The van der Waals surface area contributed by atoms with Gasteiger partial charge in [0.05, 0.1) is 0 Å². The van der Waals surface area contributed by atoms with Gasteiger partial charge in [-0.05, 0) is 17.7 Å². The van der Waals surface area contributed by atoms with Gasteiger partial charge in [0.1, 0.15) is 16.7 Å². The molecule has 1 aromatic carbocycles. The minimum absolute atomic E-state index is 0.318. The maximum Gasteiger partial charge on any atom is 0.134 e. The van der Waals surface area contributed by atoms with Crippen LogP contribution in [0.25, 0.3) is 0 Å². The summed E-state index contributed by atoms with van der Waals surface area (Å²) >= 11 is 7.59. The monoisotopic (exact) mass is 307 g/mol. The van der Waals surface area contributed by atoms with Crippen LogP contribution in [-0.2, 0) is 5.75 Å². The van der Waals surface area contributed by atoms with Crippen molar-refractivity contribution in [2.75, 3.05) is 12.4 Å². The number of nitrogens with one attached hydrogen (secondary N) is 1. The number of hydrogen-bond acceptors (Lipinski definition) is 4. The topological polar surface area (TPSA) is 37.8 Å². The van der Waals surface area contributed by atoms with Crippen molar-refractivity contribution < 1.29 is 0 Å². The summed E-state index contributed by atoms with van der Waals surface area (Å²) in [5.41, 5.74) is 1.23. The Morgan fingerprint density at radius 1 is 1.20 bits per heavy atom. The Labute approximate surface area is 129 Å². The molecule has 0 atom stereocenters. The summed E-state index contributed by atoms with van der Waals surface area (Å²) in [5.74, 6) is 2.92. The normalized spacial score (nSPS) is 10.8. The molecule has 1 N–H and O–H groups in total. The van der Waals surface area contributed by atoms with Crippen molar-refractivity contribution in [3.05, 3.63) is 46.7 Å². The average Bonchev–Trinajstić information content (AvgIpc) is 2.46. The fourth-order valence-electron chi connectivity index (χ4n) is 1.64. The van der Waals surface area contributed by atoms with Gasteiger partial charge >= 0.3 is 0 Å². The van der Waals surface area contributed by atoms with Crippen LogP contribution >= 0.6 is 23.4 Å². The molecule has 1 heterocycles. The fraction of sp³-hybridized carbons (Fsp3) is 0.333. The van der Waals surface area contributed by atoms with Crippen LogP contribution in [0.15, 0.2) is 35.4 Å². The van der Waals surface area contributed by atoms with Gasteiger partial charge in [0.15, 0.2) is 0 Å². The van der Waals surface area contributed by atoms with Crippen molar-refractivity contribution in [1.29, 1.82) is 0 Å². The molecule has 106 valence electrons. The van der Waals surface area contributed by atoms with E-state index in [2.05, 4.69) is 29.1 Å². The molecule has 3 nitrogen and oxygen atoms in total. The van der Waals surface area contributed by atoms with Crippen molar-refractivity contribution >= 4 is 29.2 Å². The number of aromatic nitrogens is 2. The zero-order valence-electron chi connectivity index (χ0n) is 11.9. The van der Waals surface area contributed by atoms with Crippen molar-refractivity contribution in [2.45, 2.75) is 30.5 Å². The zero-order valence-corrected chi connectivity index (χ0v) is 13.4. The number of nitrogens with zero attached hydrogens (tertiary/aromatic N) is 2. The molecule has 1 aromatic heterocycles. The second-order valence-electron chi connectivity index (χ2n) is 4.77. The largest absolute Gasteiger partial charge is 0.373 e. The maximum absolute atomic E-state index is 5.89. The van der Waals surface area contributed by atoms with Crippen LogP contribution < -0.4 is 5.32 Å². The van der Waals surface area contributed by atoms with Crippen LogP contribution in [-0.4, -0.2) is 17.0 Å². The predicted molar refractivity (Wildman–Crippen MR) is 86.7 cm³/mol. The van der Waals surface area contributed by atoms with Crippen molar-refractivity contribution in [1.82, 2.24) is 9.97 Å². The first-order valence-corrected chi connectivity index (χ1v) is 7.89. The number of anilines is 1. The van der Waals surface area contributed by atoms with Gasteiger partial charge in [0.25, 0.3) is 0 Å². The van der Waals surface area contributed by atoms with Gasteiger partial charge in [-0.1, -0.05) is 37.6 Å². The summed E-state index contributed by atoms with van der Waals surface area (Å²) in [6, 6.07) is 9.89. The van der Waals surface area contributed by atoms with Crippen LogP contribution in [0.2, 0.25) is 5.02 Å². The molecule has 0 bridgehead atoms. The zero-order chi connectivity index (χ0) is 14.5. The number of benzene rings is 1. The Morgan fingerprint density at radius 3 is 2.50 bits per heavy atom. The first-order valence-electron chi connectivity index (χ1n) is 6.52. The molecule has 0 aliphatic carbocycles. The summed E-state index contributed by atoms with van der Waals surface area (Å²) in [4.78, 5) is 9.06. The van der Waals surface area contributed by atoms with E-state index in [1.54, 1.807) is 11.8 Å². The molecule has 0 radical (unpaired) electrons. The van der Waals surface area contributed by atoms with E-state index in [0.717, 1.165) is 27.4 Å². The molecular formula is C15H18ClN3S. The first-order chi connectivity index (χ1) is 9.58. The Hall–Kier alpha value is -1.26. The van der Waals surface area contributed by atoms with Gasteiger partial charge in [-0.15, -0.1) is 11.8 Å². The molecule has 2 aromatic rings. The summed E-state index contributed by atoms with van der Waals surface area (Å²) in [5, 5.41) is 4.84. The molecule has 0 aliphatic rings. The lowest BCUT2D eigenvalue weighted by atomic mass is 10.2. The lowest BCUT2D eigenvalue weighted by Crippen LogP contribution is -2.02. The lowest BCUT2D eigenvalue weighted by molar-refractivity contribution is 0.755. The third-order valence-electron chi connectivity index (χ3n) is 2.79. The van der Waals surface area contributed by atoms with E-state index in [-0.39, 0.29) is 0 Å². The highest BCUT2D eigenvalue weighted by Gasteiger charge is 2.08. The smallest absolute Gasteiger partial charge is 0.134 e. The van der Waals surface area contributed by atoms with Crippen molar-refractivity contribution in [3.63, 3.8) is 0 Å². The highest BCUT2D eigenvalue weighted by molar-refractivity contribution is 7.98. The molecule has 0 saturated heterocycles. The third-order valence-corrected chi connectivity index (χ3v) is 4.03. The molecule has 20 heavy (non-hydrogen) atoms. The Balaban J connectivity index is 2.12. The molecule has 0 saturated carbocycles. The summed E-state index contributed by atoms with van der Waals surface area (Å²) in [7, 11) is 1.88. The quantitative estimate of drug-likeness (QED) is 0.648. The van der Waals surface area contributed by atoms with Crippen LogP contribution in [0.5, 0.6) is 0 Å². The van der Waals surface area contributed by atoms with Gasteiger partial charge in [-0.3, -0.25) is 0 Å². The summed E-state index contributed by atoms with van der Waals surface area (Å²) in [6.07, 6.45) is 0. The number of halogens is 1. The minimum atomic E-state index is 0.318. The average molecular weight is 308 g/mol. The molecule has 0 spiro atoms. The fourth-order valence-corrected chi connectivity index (χ4v) is 2.63. The predicted octanol–water partition coefficient (Wildman–Crippen LogP) is 4.59. The van der Waals surface area contributed by atoms with Gasteiger partial charge in [-0.25, -0.2) is 9.97 Å². The minimum Gasteiger partial charge on any atom is -0.373 e. The second-order valence-corrected chi connectivity index (χ2v) is 6.20. The number of rotatable bonds is 5. The van der Waals surface area contributed by atoms with Gasteiger partial charge in [0, 0.05) is 29.8 Å². The SMILES string of the molecule is CNc1cc(SCc2ccc(Cl)cc2)nc(C(C)C)n1. The molecule has 5 heteroatoms. The van der Waals surface area contributed by atoms with E-state index >= 15 is 0 Å².